The number of nitrogens with zero attached hydrogens (tertiary/aromatic N) is 1. The topological polar surface area (TPSA) is 102 Å². The fraction of sp³-hybridized carbons (Fsp3) is 0.417. The van der Waals surface area contributed by atoms with E-state index in [9.17, 15) is 18.0 Å². The second kappa shape index (κ2) is 10.7. The molecule has 2 aromatic rings. The average Bonchev–Trinajstić information content (AvgIpc) is 2.81. The molecule has 9 heteroatoms. The molecule has 1 N–H and O–H groups in total. The van der Waals surface area contributed by atoms with E-state index in [1.54, 1.807) is 12.1 Å². The van der Waals surface area contributed by atoms with E-state index in [1.807, 2.05) is 26.0 Å². The van der Waals surface area contributed by atoms with E-state index in [1.165, 1.54) is 29.6 Å². The van der Waals surface area contributed by atoms with Crippen molar-refractivity contribution in [2.75, 3.05) is 31.1 Å². The summed E-state index contributed by atoms with van der Waals surface area (Å²) in [5, 5.41) is 2.69. The molecular formula is C24H30N2O6S. The lowest BCUT2D eigenvalue weighted by Gasteiger charge is -2.30. The minimum absolute atomic E-state index is 0.0228. The highest BCUT2D eigenvalue weighted by Crippen LogP contribution is 2.35. The van der Waals surface area contributed by atoms with Gasteiger partial charge in [-0.15, -0.1) is 0 Å². The molecule has 0 aromatic heterocycles. The molecule has 0 aliphatic carbocycles. The molecule has 1 aliphatic rings. The van der Waals surface area contributed by atoms with Gasteiger partial charge in [-0.25, -0.2) is 13.2 Å². The number of benzene rings is 2. The number of fused-ring (bicyclic) bond motifs is 1. The normalized spacial score (nSPS) is 13.4. The van der Waals surface area contributed by atoms with Gasteiger partial charge in [-0.2, -0.15) is 0 Å². The van der Waals surface area contributed by atoms with Crippen molar-refractivity contribution in [1.82, 2.24) is 5.32 Å². The molecule has 178 valence electrons. The summed E-state index contributed by atoms with van der Waals surface area (Å²) in [5.41, 5.74) is 1.59. The van der Waals surface area contributed by atoms with E-state index in [2.05, 4.69) is 5.32 Å². The zero-order valence-corrected chi connectivity index (χ0v) is 20.0. The third-order valence-corrected chi connectivity index (χ3v) is 7.25. The third-order valence-electron chi connectivity index (χ3n) is 5.41. The van der Waals surface area contributed by atoms with Gasteiger partial charge in [0.1, 0.15) is 10.6 Å². The second-order valence-electron chi connectivity index (χ2n) is 8.28. The molecule has 0 bridgehead atoms. The maximum atomic E-state index is 13.6. The third kappa shape index (κ3) is 5.84. The minimum Gasteiger partial charge on any atom is -0.495 e. The molecule has 8 nitrogen and oxygen atoms in total. The van der Waals surface area contributed by atoms with Crippen molar-refractivity contribution in [3.05, 3.63) is 53.6 Å². The highest BCUT2D eigenvalue weighted by molar-refractivity contribution is 7.93. The van der Waals surface area contributed by atoms with Crippen molar-refractivity contribution in [3.63, 3.8) is 0 Å². The van der Waals surface area contributed by atoms with Crippen molar-refractivity contribution < 1.29 is 27.5 Å². The first kappa shape index (κ1) is 24.6. The van der Waals surface area contributed by atoms with Crippen LogP contribution in [-0.4, -0.2) is 47.1 Å². The Morgan fingerprint density at radius 3 is 2.64 bits per heavy atom. The molecule has 0 fully saturated rings. The van der Waals surface area contributed by atoms with Crippen LogP contribution in [0.3, 0.4) is 0 Å². The zero-order chi connectivity index (χ0) is 24.0. The first-order valence-corrected chi connectivity index (χ1v) is 12.4. The lowest BCUT2D eigenvalue weighted by Crippen LogP contribution is -2.35. The van der Waals surface area contributed by atoms with E-state index < -0.39 is 28.5 Å². The quantitative estimate of drug-likeness (QED) is 0.560. The summed E-state index contributed by atoms with van der Waals surface area (Å²) in [6.07, 6.45) is 2.30. The number of sulfonamides is 1. The van der Waals surface area contributed by atoms with E-state index >= 15 is 0 Å². The van der Waals surface area contributed by atoms with Crippen LogP contribution in [0.2, 0.25) is 0 Å². The monoisotopic (exact) mass is 474 g/mol. The number of hydrogen-bond donors (Lipinski definition) is 1. The molecule has 33 heavy (non-hydrogen) atoms. The zero-order valence-electron chi connectivity index (χ0n) is 19.2. The number of ether oxygens (including phenoxy) is 2. The summed E-state index contributed by atoms with van der Waals surface area (Å²) >= 11 is 0. The molecule has 3 rings (SSSR count). The molecule has 0 unspecified atom stereocenters. The van der Waals surface area contributed by atoms with Crippen molar-refractivity contribution in [2.45, 2.75) is 38.0 Å². The Labute approximate surface area is 194 Å². The average molecular weight is 475 g/mol. The molecular weight excluding hydrogens is 444 g/mol. The Morgan fingerprint density at radius 2 is 1.91 bits per heavy atom. The number of carbonyl (C=O) groups excluding carboxylic acids is 2. The number of methoxy groups -OCH3 is 1. The van der Waals surface area contributed by atoms with Crippen LogP contribution in [0.4, 0.5) is 5.69 Å². The highest BCUT2D eigenvalue weighted by atomic mass is 32.2. The summed E-state index contributed by atoms with van der Waals surface area (Å²) in [4.78, 5) is 24.3. The summed E-state index contributed by atoms with van der Waals surface area (Å²) in [6, 6.07) is 11.4. The summed E-state index contributed by atoms with van der Waals surface area (Å²) in [5.74, 6) is -0.622. The Balaban J connectivity index is 1.80. The number of anilines is 1. The van der Waals surface area contributed by atoms with Gasteiger partial charge in [-0.1, -0.05) is 32.0 Å². The van der Waals surface area contributed by atoms with Crippen LogP contribution in [-0.2, 0) is 26.0 Å². The van der Waals surface area contributed by atoms with Crippen LogP contribution in [0.1, 0.15) is 42.6 Å². The molecule has 0 radical (unpaired) electrons. The predicted octanol–water partition coefficient (Wildman–Crippen LogP) is 3.16. The van der Waals surface area contributed by atoms with Crippen LogP contribution < -0.4 is 14.4 Å². The lowest BCUT2D eigenvalue weighted by molar-refractivity contribution is -0.124. The van der Waals surface area contributed by atoms with E-state index in [-0.39, 0.29) is 16.2 Å². The van der Waals surface area contributed by atoms with Crippen molar-refractivity contribution >= 4 is 27.6 Å². The highest BCUT2D eigenvalue weighted by Gasteiger charge is 2.32. The number of rotatable bonds is 9. The number of nitrogens with one attached hydrogen (secondary N) is 1. The molecule has 0 spiro atoms. The first-order valence-electron chi connectivity index (χ1n) is 11.0. The van der Waals surface area contributed by atoms with Gasteiger partial charge in [0, 0.05) is 13.1 Å². The Kier molecular flexibility index (Phi) is 7.97. The lowest BCUT2D eigenvalue weighted by atomic mass is 10.0. The second-order valence-corrected chi connectivity index (χ2v) is 10.1. The van der Waals surface area contributed by atoms with Crippen LogP contribution in [0.15, 0.2) is 47.4 Å². The van der Waals surface area contributed by atoms with Crippen LogP contribution in [0.25, 0.3) is 0 Å². The number of hydrogen-bond acceptors (Lipinski definition) is 6. The Hall–Kier alpha value is -3.07. The summed E-state index contributed by atoms with van der Waals surface area (Å²) in [7, 11) is -2.63. The number of amides is 1. The maximum Gasteiger partial charge on any atom is 0.338 e. The fourth-order valence-corrected chi connectivity index (χ4v) is 5.36. The summed E-state index contributed by atoms with van der Waals surface area (Å²) < 4.78 is 38.9. The van der Waals surface area contributed by atoms with Gasteiger partial charge in [-0.3, -0.25) is 9.10 Å². The number of esters is 1. The number of aryl methyl sites for hydroxylation is 1. The SMILES string of the molecule is COc1ccc(C(=O)OCC(=O)NCCC(C)C)cc1S(=O)(=O)N1CCCc2ccccc21. The first-order chi connectivity index (χ1) is 15.7. The van der Waals surface area contributed by atoms with Crippen molar-refractivity contribution in [1.29, 1.82) is 0 Å². The van der Waals surface area contributed by atoms with Gasteiger partial charge in [0.2, 0.25) is 0 Å². The van der Waals surface area contributed by atoms with Gasteiger partial charge in [-0.05, 0) is 55.0 Å². The predicted molar refractivity (Wildman–Crippen MR) is 125 cm³/mol. The number of carbonyl (C=O) groups is 2. The van der Waals surface area contributed by atoms with Crippen LogP contribution in [0.5, 0.6) is 5.75 Å². The molecule has 2 aromatic carbocycles. The smallest absolute Gasteiger partial charge is 0.338 e. The standard InChI is InChI=1S/C24H30N2O6S/c1-17(2)12-13-25-23(27)16-32-24(28)19-10-11-21(31-3)22(15-19)33(29,30)26-14-6-8-18-7-4-5-9-20(18)26/h4-5,7,9-11,15,17H,6,8,12-14,16H2,1-3H3,(H,25,27). The molecule has 0 saturated carbocycles. The van der Waals surface area contributed by atoms with Gasteiger partial charge < -0.3 is 14.8 Å². The van der Waals surface area contributed by atoms with E-state index in [4.69, 9.17) is 9.47 Å². The van der Waals surface area contributed by atoms with Gasteiger partial charge >= 0.3 is 5.97 Å². The van der Waals surface area contributed by atoms with Gasteiger partial charge in [0.25, 0.3) is 15.9 Å². The largest absolute Gasteiger partial charge is 0.495 e. The van der Waals surface area contributed by atoms with E-state index in [0.29, 0.717) is 31.1 Å². The Bertz CT molecular complexity index is 1110. The summed E-state index contributed by atoms with van der Waals surface area (Å²) in [6.45, 7) is 4.47. The molecule has 0 saturated heterocycles. The van der Waals surface area contributed by atoms with Gasteiger partial charge in [0.15, 0.2) is 6.61 Å². The minimum atomic E-state index is -4.00. The van der Waals surface area contributed by atoms with Crippen molar-refractivity contribution in [2.24, 2.45) is 5.92 Å². The van der Waals surface area contributed by atoms with Gasteiger partial charge in [0.05, 0.1) is 18.4 Å². The van der Waals surface area contributed by atoms with Crippen LogP contribution >= 0.6 is 0 Å². The Morgan fingerprint density at radius 1 is 1.15 bits per heavy atom. The number of para-hydroxylation sites is 1. The molecule has 1 heterocycles. The van der Waals surface area contributed by atoms with Crippen molar-refractivity contribution in [3.8, 4) is 5.75 Å². The maximum absolute atomic E-state index is 13.6. The van der Waals surface area contributed by atoms with Crippen LogP contribution in [0, 0.1) is 5.92 Å². The molecule has 0 atom stereocenters. The van der Waals surface area contributed by atoms with E-state index in [0.717, 1.165) is 18.4 Å². The fourth-order valence-electron chi connectivity index (χ4n) is 3.64. The molecule has 1 amide bonds. The molecule has 1 aliphatic heterocycles.